The van der Waals surface area contributed by atoms with Gasteiger partial charge in [-0.05, 0) is 25.0 Å². The second-order valence-electron chi connectivity index (χ2n) is 4.42. The molecule has 2 rings (SSSR count). The molecule has 0 heterocycles. The van der Waals surface area contributed by atoms with Crippen LogP contribution in [-0.2, 0) is 10.3 Å². The van der Waals surface area contributed by atoms with Crippen LogP contribution in [0.4, 0.5) is 4.39 Å². The minimum absolute atomic E-state index is 0.0455. The SMILES string of the molecule is COc1c(C2(N=C=O)CCCC2)ccc(O)c1F. The van der Waals surface area contributed by atoms with Gasteiger partial charge in [0.25, 0.3) is 0 Å². The number of rotatable bonds is 3. The average Bonchev–Trinajstić information content (AvgIpc) is 2.82. The molecule has 96 valence electrons. The van der Waals surface area contributed by atoms with E-state index in [0.717, 1.165) is 12.8 Å². The highest BCUT2D eigenvalue weighted by atomic mass is 19.1. The summed E-state index contributed by atoms with van der Waals surface area (Å²) in [6.45, 7) is 0. The monoisotopic (exact) mass is 251 g/mol. The Morgan fingerprint density at radius 3 is 2.67 bits per heavy atom. The molecule has 1 N–H and O–H groups in total. The highest BCUT2D eigenvalue weighted by Crippen LogP contribution is 2.47. The predicted octanol–water partition coefficient (Wildman–Crippen LogP) is 2.65. The van der Waals surface area contributed by atoms with Crippen LogP contribution >= 0.6 is 0 Å². The van der Waals surface area contributed by atoms with Gasteiger partial charge in [-0.25, -0.2) is 4.79 Å². The Kier molecular flexibility index (Phi) is 3.34. The minimum Gasteiger partial charge on any atom is -0.505 e. The van der Waals surface area contributed by atoms with E-state index in [1.807, 2.05) is 0 Å². The standard InChI is InChI=1S/C13H14FNO3/c1-18-12-9(4-5-10(17)11(12)14)13(15-8-16)6-2-3-7-13/h4-5,17H,2-3,6-7H2,1H3. The molecule has 5 heteroatoms. The molecule has 0 spiro atoms. The van der Waals surface area contributed by atoms with Gasteiger partial charge in [-0.3, -0.25) is 0 Å². The molecule has 0 amide bonds. The molecule has 1 aliphatic rings. The van der Waals surface area contributed by atoms with Crippen LogP contribution in [0.2, 0.25) is 0 Å². The second kappa shape index (κ2) is 4.78. The molecule has 0 atom stereocenters. The maximum Gasteiger partial charge on any atom is 0.235 e. The quantitative estimate of drug-likeness (QED) is 0.663. The van der Waals surface area contributed by atoms with E-state index in [4.69, 9.17) is 4.74 Å². The van der Waals surface area contributed by atoms with Crippen LogP contribution in [-0.4, -0.2) is 18.3 Å². The van der Waals surface area contributed by atoms with Gasteiger partial charge in [0.05, 0.1) is 7.11 Å². The molecular weight excluding hydrogens is 237 g/mol. The normalized spacial score (nSPS) is 17.2. The van der Waals surface area contributed by atoms with Crippen LogP contribution in [0.25, 0.3) is 0 Å². The van der Waals surface area contributed by atoms with Gasteiger partial charge in [0, 0.05) is 5.56 Å². The van der Waals surface area contributed by atoms with E-state index in [1.54, 1.807) is 12.1 Å². The van der Waals surface area contributed by atoms with Crippen molar-refractivity contribution in [1.82, 2.24) is 0 Å². The maximum absolute atomic E-state index is 13.8. The number of hydrogen-bond acceptors (Lipinski definition) is 4. The Labute approximate surface area is 104 Å². The molecule has 0 aromatic heterocycles. The van der Waals surface area contributed by atoms with Gasteiger partial charge in [0.2, 0.25) is 11.9 Å². The molecule has 4 nitrogen and oxygen atoms in total. The van der Waals surface area contributed by atoms with Crippen LogP contribution in [0.5, 0.6) is 11.5 Å². The van der Waals surface area contributed by atoms with Gasteiger partial charge >= 0.3 is 0 Å². The molecule has 1 aromatic carbocycles. The number of hydrogen-bond donors (Lipinski definition) is 1. The fraction of sp³-hybridized carbons (Fsp3) is 0.462. The number of aliphatic imine (C=N–C) groups is 1. The molecule has 1 saturated carbocycles. The van der Waals surface area contributed by atoms with E-state index in [-0.39, 0.29) is 5.75 Å². The first-order chi connectivity index (χ1) is 8.64. The Balaban J connectivity index is 2.62. The minimum atomic E-state index is -0.817. The number of carbonyl (C=O) groups excluding carboxylic acids is 1. The van der Waals surface area contributed by atoms with E-state index in [2.05, 4.69) is 4.99 Å². The molecule has 1 fully saturated rings. The van der Waals surface area contributed by atoms with Crippen LogP contribution in [0.3, 0.4) is 0 Å². The van der Waals surface area contributed by atoms with Crippen LogP contribution in [0.1, 0.15) is 31.2 Å². The topological polar surface area (TPSA) is 58.9 Å². The third-order valence-electron chi connectivity index (χ3n) is 3.47. The molecule has 0 saturated heterocycles. The zero-order chi connectivity index (χ0) is 13.2. The Bertz CT molecular complexity index is 503. The number of methoxy groups -OCH3 is 1. The zero-order valence-electron chi connectivity index (χ0n) is 10.1. The Morgan fingerprint density at radius 1 is 1.44 bits per heavy atom. The fourth-order valence-electron chi connectivity index (χ4n) is 2.60. The summed E-state index contributed by atoms with van der Waals surface area (Å²) in [4.78, 5) is 14.5. The number of ether oxygens (including phenoxy) is 1. The van der Waals surface area contributed by atoms with Gasteiger partial charge in [-0.2, -0.15) is 9.38 Å². The molecule has 1 aliphatic carbocycles. The Morgan fingerprint density at radius 2 is 2.11 bits per heavy atom. The smallest absolute Gasteiger partial charge is 0.235 e. The van der Waals surface area contributed by atoms with Gasteiger partial charge in [-0.15, -0.1) is 0 Å². The lowest BCUT2D eigenvalue weighted by molar-refractivity contribution is 0.342. The van der Waals surface area contributed by atoms with Crippen molar-refractivity contribution in [2.24, 2.45) is 4.99 Å². The highest BCUT2D eigenvalue weighted by molar-refractivity contribution is 5.48. The van der Waals surface area contributed by atoms with E-state index in [1.165, 1.54) is 13.2 Å². The molecule has 1 aromatic rings. The summed E-state index contributed by atoms with van der Waals surface area (Å²) in [6, 6.07) is 2.82. The van der Waals surface area contributed by atoms with Gasteiger partial charge in [0.1, 0.15) is 5.54 Å². The molecule has 0 radical (unpaired) electrons. The Hall–Kier alpha value is -1.87. The first kappa shape index (κ1) is 12.6. The van der Waals surface area contributed by atoms with Crippen LogP contribution in [0, 0.1) is 5.82 Å². The van der Waals surface area contributed by atoms with E-state index in [0.29, 0.717) is 18.4 Å². The lowest BCUT2D eigenvalue weighted by Crippen LogP contribution is -2.20. The van der Waals surface area contributed by atoms with Crippen molar-refractivity contribution in [1.29, 1.82) is 0 Å². The number of aromatic hydroxyl groups is 1. The number of phenols is 1. The molecule has 0 unspecified atom stereocenters. The molecule has 0 bridgehead atoms. The van der Waals surface area contributed by atoms with Gasteiger partial charge in [-0.1, -0.05) is 12.8 Å². The lowest BCUT2D eigenvalue weighted by atomic mass is 9.88. The maximum atomic E-state index is 13.8. The van der Waals surface area contributed by atoms with E-state index < -0.39 is 17.1 Å². The third-order valence-corrected chi connectivity index (χ3v) is 3.47. The number of benzene rings is 1. The molecule has 18 heavy (non-hydrogen) atoms. The van der Waals surface area contributed by atoms with Gasteiger partial charge in [0.15, 0.2) is 11.5 Å². The first-order valence-corrected chi connectivity index (χ1v) is 5.79. The molecule has 0 aliphatic heterocycles. The number of halogens is 1. The summed E-state index contributed by atoms with van der Waals surface area (Å²) in [5.41, 5.74) is -0.261. The fourth-order valence-corrected chi connectivity index (χ4v) is 2.60. The zero-order valence-corrected chi connectivity index (χ0v) is 10.1. The largest absolute Gasteiger partial charge is 0.505 e. The van der Waals surface area contributed by atoms with E-state index in [9.17, 15) is 14.3 Å². The van der Waals surface area contributed by atoms with Crippen molar-refractivity contribution < 1.29 is 19.0 Å². The summed E-state index contributed by atoms with van der Waals surface area (Å²) < 4.78 is 18.8. The summed E-state index contributed by atoms with van der Waals surface area (Å²) in [6.07, 6.45) is 4.71. The van der Waals surface area contributed by atoms with Gasteiger partial charge < -0.3 is 9.84 Å². The van der Waals surface area contributed by atoms with Crippen molar-refractivity contribution in [3.05, 3.63) is 23.5 Å². The summed E-state index contributed by atoms with van der Waals surface area (Å²) >= 11 is 0. The predicted molar refractivity (Wildman–Crippen MR) is 62.9 cm³/mol. The van der Waals surface area contributed by atoms with Crippen molar-refractivity contribution in [3.63, 3.8) is 0 Å². The molecular formula is C13H14FNO3. The average molecular weight is 251 g/mol. The number of phenolic OH excluding ortho intramolecular Hbond substituents is 1. The van der Waals surface area contributed by atoms with Crippen LogP contribution in [0.15, 0.2) is 17.1 Å². The first-order valence-electron chi connectivity index (χ1n) is 5.79. The summed E-state index contributed by atoms with van der Waals surface area (Å²) in [5.74, 6) is -1.34. The van der Waals surface area contributed by atoms with E-state index >= 15 is 0 Å². The van der Waals surface area contributed by atoms with Crippen molar-refractivity contribution in [2.75, 3.05) is 7.11 Å². The second-order valence-corrected chi connectivity index (χ2v) is 4.42. The number of nitrogens with zero attached hydrogens (tertiary/aromatic N) is 1. The van der Waals surface area contributed by atoms with Crippen molar-refractivity contribution in [3.8, 4) is 11.5 Å². The highest BCUT2D eigenvalue weighted by Gasteiger charge is 2.39. The lowest BCUT2D eigenvalue weighted by Gasteiger charge is -2.25. The van der Waals surface area contributed by atoms with Crippen molar-refractivity contribution >= 4 is 6.08 Å². The summed E-state index contributed by atoms with van der Waals surface area (Å²) in [5, 5.41) is 9.35. The summed E-state index contributed by atoms with van der Waals surface area (Å²) in [7, 11) is 1.33. The number of isocyanates is 1. The third kappa shape index (κ3) is 1.87. The van der Waals surface area contributed by atoms with Crippen molar-refractivity contribution in [2.45, 2.75) is 31.2 Å². The van der Waals surface area contributed by atoms with Crippen LogP contribution < -0.4 is 4.74 Å².